The molecule has 1 aromatic heterocycles. The summed E-state index contributed by atoms with van der Waals surface area (Å²) in [5.41, 5.74) is 4.11. The molecule has 0 bridgehead atoms. The van der Waals surface area contributed by atoms with Gasteiger partial charge in [0.2, 0.25) is 5.91 Å². The lowest BCUT2D eigenvalue weighted by molar-refractivity contribution is -0.116. The van der Waals surface area contributed by atoms with E-state index < -0.39 is 0 Å². The number of anilines is 1. The quantitative estimate of drug-likeness (QED) is 0.363. The number of aromatic nitrogens is 2. The highest BCUT2D eigenvalue weighted by molar-refractivity contribution is 6.33. The molecule has 168 valence electrons. The molecule has 0 spiro atoms. The molecule has 1 heterocycles. The van der Waals surface area contributed by atoms with E-state index >= 15 is 0 Å². The number of amides is 2. The summed E-state index contributed by atoms with van der Waals surface area (Å²) in [4.78, 5) is 29.8. The van der Waals surface area contributed by atoms with Crippen LogP contribution in [0.1, 0.15) is 28.2 Å². The third-order valence-corrected chi connectivity index (χ3v) is 5.68. The summed E-state index contributed by atoms with van der Waals surface area (Å²) in [6.45, 7) is 2.64. The molecule has 7 heteroatoms. The van der Waals surface area contributed by atoms with Crippen LogP contribution >= 0.6 is 11.6 Å². The molecule has 2 N–H and O–H groups in total. The molecule has 4 aromatic rings. The smallest absolute Gasteiger partial charge is 0.252 e. The number of hydrogen-bond acceptors (Lipinski definition) is 3. The monoisotopic (exact) mass is 460 g/mol. The van der Waals surface area contributed by atoms with E-state index in [1.54, 1.807) is 24.3 Å². The molecule has 0 aliphatic carbocycles. The normalized spacial score (nSPS) is 10.8. The van der Waals surface area contributed by atoms with E-state index in [0.29, 0.717) is 30.0 Å². The molecule has 0 saturated carbocycles. The summed E-state index contributed by atoms with van der Waals surface area (Å²) in [5, 5.41) is 6.28. The molecule has 0 unspecified atom stereocenters. The van der Waals surface area contributed by atoms with Gasteiger partial charge >= 0.3 is 0 Å². The van der Waals surface area contributed by atoms with Gasteiger partial charge in [0.05, 0.1) is 21.6 Å². The number of fused-ring (bicyclic) bond motifs is 1. The molecule has 0 atom stereocenters. The molecule has 4 rings (SSSR count). The van der Waals surface area contributed by atoms with Crippen LogP contribution in [-0.2, 0) is 17.8 Å². The van der Waals surface area contributed by atoms with Crippen LogP contribution in [-0.4, -0.2) is 27.9 Å². The average Bonchev–Trinajstić information content (AvgIpc) is 3.15. The van der Waals surface area contributed by atoms with Crippen LogP contribution < -0.4 is 10.6 Å². The number of para-hydroxylation sites is 2. The van der Waals surface area contributed by atoms with E-state index in [0.717, 1.165) is 28.1 Å². The molecule has 0 fully saturated rings. The summed E-state index contributed by atoms with van der Waals surface area (Å²) in [7, 11) is 0. The van der Waals surface area contributed by atoms with Crippen molar-refractivity contribution in [3.05, 3.63) is 94.8 Å². The fourth-order valence-corrected chi connectivity index (χ4v) is 3.88. The van der Waals surface area contributed by atoms with Gasteiger partial charge in [-0.05, 0) is 49.7 Å². The Hall–Kier alpha value is -3.64. The van der Waals surface area contributed by atoms with Crippen LogP contribution in [0.25, 0.3) is 11.0 Å². The van der Waals surface area contributed by atoms with E-state index in [2.05, 4.69) is 10.6 Å². The largest absolute Gasteiger partial charge is 0.352 e. The van der Waals surface area contributed by atoms with Crippen LogP contribution in [0.4, 0.5) is 5.69 Å². The van der Waals surface area contributed by atoms with Gasteiger partial charge in [-0.1, -0.05) is 53.6 Å². The minimum atomic E-state index is -0.202. The van der Waals surface area contributed by atoms with E-state index in [4.69, 9.17) is 16.6 Å². The van der Waals surface area contributed by atoms with Crippen LogP contribution in [0.3, 0.4) is 0 Å². The van der Waals surface area contributed by atoms with Gasteiger partial charge in [-0.2, -0.15) is 0 Å². The number of imidazole rings is 1. The predicted octanol–water partition coefficient (Wildman–Crippen LogP) is 5.00. The zero-order valence-corrected chi connectivity index (χ0v) is 19.1. The first kappa shape index (κ1) is 22.6. The van der Waals surface area contributed by atoms with Gasteiger partial charge in [-0.3, -0.25) is 9.59 Å². The highest BCUT2D eigenvalue weighted by atomic mass is 35.5. The Morgan fingerprint density at radius 2 is 1.70 bits per heavy atom. The van der Waals surface area contributed by atoms with Crippen LogP contribution in [0, 0.1) is 6.92 Å². The Morgan fingerprint density at radius 3 is 2.48 bits per heavy atom. The highest BCUT2D eigenvalue weighted by Crippen LogP contribution is 2.18. The lowest BCUT2D eigenvalue weighted by Crippen LogP contribution is -2.25. The van der Waals surface area contributed by atoms with Crippen molar-refractivity contribution in [2.75, 3.05) is 11.9 Å². The average molecular weight is 461 g/mol. The topological polar surface area (TPSA) is 76.0 Å². The molecule has 0 saturated heterocycles. The minimum Gasteiger partial charge on any atom is -0.352 e. The Morgan fingerprint density at radius 1 is 0.970 bits per heavy atom. The number of carbonyl (C=O) groups is 2. The van der Waals surface area contributed by atoms with Crippen molar-refractivity contribution in [1.82, 2.24) is 14.9 Å². The number of aryl methyl sites for hydroxylation is 2. The second-order valence-corrected chi connectivity index (χ2v) is 8.26. The zero-order chi connectivity index (χ0) is 23.2. The first-order valence-corrected chi connectivity index (χ1v) is 11.2. The van der Waals surface area contributed by atoms with E-state index in [1.165, 1.54) is 0 Å². The first-order chi connectivity index (χ1) is 16.0. The molecule has 0 aliphatic rings. The molecule has 33 heavy (non-hydrogen) atoms. The van der Waals surface area contributed by atoms with Crippen molar-refractivity contribution >= 4 is 40.1 Å². The van der Waals surface area contributed by atoms with Gasteiger partial charge in [-0.15, -0.1) is 0 Å². The Bertz CT molecular complexity index is 1280. The van der Waals surface area contributed by atoms with Gasteiger partial charge < -0.3 is 15.2 Å². The first-order valence-electron chi connectivity index (χ1n) is 10.8. The number of hydrogen-bond donors (Lipinski definition) is 2. The number of nitrogens with one attached hydrogen (secondary N) is 2. The number of carbonyl (C=O) groups excluding carboxylic acids is 2. The molecule has 6 nitrogen and oxygen atoms in total. The van der Waals surface area contributed by atoms with E-state index in [9.17, 15) is 9.59 Å². The van der Waals surface area contributed by atoms with Crippen LogP contribution in [0.5, 0.6) is 0 Å². The molecule has 0 radical (unpaired) electrons. The Kier molecular flexibility index (Phi) is 7.05. The van der Waals surface area contributed by atoms with Crippen molar-refractivity contribution in [2.45, 2.75) is 26.3 Å². The van der Waals surface area contributed by atoms with E-state index in [-0.39, 0.29) is 18.4 Å². The predicted molar refractivity (Wildman–Crippen MR) is 132 cm³/mol. The standard InChI is InChI=1S/C26H25ClN4O2/c1-18-12-14-19(15-13-18)29-25(32)17-31-23-10-5-4-9-22(23)30-24(31)11-6-16-28-26(33)20-7-2-3-8-21(20)27/h2-5,7-10,12-15H,6,11,16-17H2,1H3,(H,28,33)(H,29,32). The third-order valence-electron chi connectivity index (χ3n) is 5.35. The third kappa shape index (κ3) is 5.59. The molecule has 2 amide bonds. The second kappa shape index (κ2) is 10.3. The van der Waals surface area contributed by atoms with Crippen LogP contribution in [0.2, 0.25) is 5.02 Å². The van der Waals surface area contributed by atoms with Crippen molar-refractivity contribution in [3.8, 4) is 0 Å². The van der Waals surface area contributed by atoms with E-state index in [1.807, 2.05) is 60.0 Å². The van der Waals surface area contributed by atoms with Gasteiger partial charge in [0.1, 0.15) is 12.4 Å². The fraction of sp³-hybridized carbons (Fsp3) is 0.192. The summed E-state index contributed by atoms with van der Waals surface area (Å²) >= 11 is 6.10. The summed E-state index contributed by atoms with van der Waals surface area (Å²) in [6.07, 6.45) is 1.30. The number of halogens is 1. The highest BCUT2D eigenvalue weighted by Gasteiger charge is 2.14. The molecule has 0 aliphatic heterocycles. The fourth-order valence-electron chi connectivity index (χ4n) is 3.66. The number of rotatable bonds is 8. The number of benzene rings is 3. The maximum atomic E-state index is 12.7. The zero-order valence-electron chi connectivity index (χ0n) is 18.3. The molecular formula is C26H25ClN4O2. The van der Waals surface area contributed by atoms with Gasteiger partial charge in [0.15, 0.2) is 0 Å². The van der Waals surface area contributed by atoms with Gasteiger partial charge in [-0.25, -0.2) is 4.98 Å². The Balaban J connectivity index is 1.41. The lowest BCUT2D eigenvalue weighted by atomic mass is 10.2. The van der Waals surface area contributed by atoms with Gasteiger partial charge in [0, 0.05) is 18.7 Å². The summed E-state index contributed by atoms with van der Waals surface area (Å²) in [6, 6.07) is 22.4. The van der Waals surface area contributed by atoms with Crippen molar-refractivity contribution in [3.63, 3.8) is 0 Å². The minimum absolute atomic E-state index is 0.115. The van der Waals surface area contributed by atoms with Crippen molar-refractivity contribution in [2.24, 2.45) is 0 Å². The summed E-state index contributed by atoms with van der Waals surface area (Å²) < 4.78 is 1.94. The van der Waals surface area contributed by atoms with Gasteiger partial charge in [0.25, 0.3) is 5.91 Å². The molecule has 3 aromatic carbocycles. The van der Waals surface area contributed by atoms with Crippen molar-refractivity contribution < 1.29 is 9.59 Å². The lowest BCUT2D eigenvalue weighted by Gasteiger charge is -2.11. The summed E-state index contributed by atoms with van der Waals surface area (Å²) in [5.74, 6) is 0.490. The molecular weight excluding hydrogens is 436 g/mol. The number of nitrogens with zero attached hydrogens (tertiary/aromatic N) is 2. The Labute approximate surface area is 197 Å². The SMILES string of the molecule is Cc1ccc(NC(=O)Cn2c(CCCNC(=O)c3ccccc3Cl)nc3ccccc32)cc1. The van der Waals surface area contributed by atoms with Crippen molar-refractivity contribution in [1.29, 1.82) is 0 Å². The maximum Gasteiger partial charge on any atom is 0.252 e. The second-order valence-electron chi connectivity index (χ2n) is 7.86. The maximum absolute atomic E-state index is 12.7. The van der Waals surface area contributed by atoms with Crippen LogP contribution in [0.15, 0.2) is 72.8 Å².